The number of amides is 5. The summed E-state index contributed by atoms with van der Waals surface area (Å²) in [5.41, 5.74) is 3.76. The van der Waals surface area contributed by atoms with Crippen molar-refractivity contribution in [1.82, 2.24) is 25.0 Å². The zero-order chi connectivity index (χ0) is 34.9. The first kappa shape index (κ1) is 33.8. The Kier molecular flexibility index (Phi) is 9.63. The lowest BCUT2D eigenvalue weighted by atomic mass is 9.77. The normalized spacial score (nSPS) is 23.2. The summed E-state index contributed by atoms with van der Waals surface area (Å²) in [5.74, 6) is -2.95. The van der Waals surface area contributed by atoms with Crippen molar-refractivity contribution >= 4 is 40.9 Å². The van der Waals surface area contributed by atoms with E-state index in [1.807, 2.05) is 12.1 Å². The molecule has 14 heteroatoms. The fourth-order valence-corrected chi connectivity index (χ4v) is 8.39. The maximum Gasteiger partial charge on any atom is 0.265 e. The molecule has 0 bridgehead atoms. The molecule has 0 radical (unpaired) electrons. The molecule has 0 spiro atoms. The summed E-state index contributed by atoms with van der Waals surface area (Å²) in [7, 11) is 0. The second-order valence-electron chi connectivity index (χ2n) is 13.2. The maximum atomic E-state index is 14.6. The molecule has 7 rings (SSSR count). The summed E-state index contributed by atoms with van der Waals surface area (Å²) in [5, 5.41) is 2.31. The zero-order valence-electron chi connectivity index (χ0n) is 27.3. The average Bonchev–Trinajstić information content (AvgIpc) is 3.89. The number of halogens is 2. The van der Waals surface area contributed by atoms with Gasteiger partial charge in [0.2, 0.25) is 11.8 Å². The Hall–Kier alpha value is -4.72. The van der Waals surface area contributed by atoms with Gasteiger partial charge in [-0.2, -0.15) is 0 Å². The third-order valence-electron chi connectivity index (χ3n) is 10.2. The van der Waals surface area contributed by atoms with Gasteiger partial charge in [0.25, 0.3) is 24.1 Å². The van der Waals surface area contributed by atoms with E-state index in [0.717, 1.165) is 5.56 Å². The summed E-state index contributed by atoms with van der Waals surface area (Å²) >= 11 is 1.27. The SMILES string of the molecule is O=C(NCC(F)F)[C@H]1CCCC[C@H]1C(=O)N1CCc2cccc(O[C@H]3CCN(C(=O)c4cncs4)C3)c2[C@H]1CN1C(=O)c2ccccc2C1=O. The van der Waals surface area contributed by atoms with Gasteiger partial charge in [0.05, 0.1) is 48.5 Å². The predicted octanol–water partition coefficient (Wildman–Crippen LogP) is 4.35. The molecule has 3 aromatic rings. The van der Waals surface area contributed by atoms with Crippen LogP contribution in [0, 0.1) is 11.8 Å². The Bertz CT molecular complexity index is 1770. The molecule has 3 aliphatic heterocycles. The van der Waals surface area contributed by atoms with Crippen molar-refractivity contribution in [2.24, 2.45) is 11.8 Å². The van der Waals surface area contributed by atoms with Gasteiger partial charge in [-0.1, -0.05) is 37.1 Å². The van der Waals surface area contributed by atoms with Crippen LogP contribution in [0.25, 0.3) is 0 Å². The van der Waals surface area contributed by atoms with Gasteiger partial charge in [-0.05, 0) is 43.0 Å². The Morgan fingerprint density at radius 1 is 0.960 bits per heavy atom. The Morgan fingerprint density at radius 2 is 1.70 bits per heavy atom. The fraction of sp³-hybridized carbons (Fsp3) is 0.444. The topological polar surface area (TPSA) is 129 Å². The van der Waals surface area contributed by atoms with E-state index in [9.17, 15) is 32.8 Å². The van der Waals surface area contributed by atoms with Crippen molar-refractivity contribution in [3.8, 4) is 5.75 Å². The molecular weight excluding hydrogens is 668 g/mol. The third kappa shape index (κ3) is 6.48. The molecule has 262 valence electrons. The van der Waals surface area contributed by atoms with E-state index in [2.05, 4.69) is 10.3 Å². The first-order valence-corrected chi connectivity index (χ1v) is 17.9. The summed E-state index contributed by atoms with van der Waals surface area (Å²) in [6.07, 6.45) is 1.74. The standard InChI is InChI=1S/C36H37F2N5O6S/c37-30(38)17-40-32(44)23-7-1-2-8-24(23)33(45)42-15-12-21-6-5-11-28(49-22-13-14-41(18-22)36(48)29-16-39-20-50-29)31(21)27(42)19-43-34(46)25-9-3-4-10-26(25)35(43)47/h3-6,9-11,16,20,22-24,27,30H,1-2,7-8,12-15,17-19H2,(H,40,44)/t22-,23-,24+,27+/m0/s1. The molecule has 4 atom stereocenters. The number of nitrogens with one attached hydrogen (secondary N) is 1. The number of nitrogens with zero attached hydrogens (tertiary/aromatic N) is 4. The van der Waals surface area contributed by atoms with Crippen LogP contribution in [0.15, 0.2) is 54.2 Å². The summed E-state index contributed by atoms with van der Waals surface area (Å²) < 4.78 is 32.6. The van der Waals surface area contributed by atoms with Crippen LogP contribution in [-0.2, 0) is 16.0 Å². The van der Waals surface area contributed by atoms with Gasteiger partial charge in [0, 0.05) is 36.9 Å². The molecule has 50 heavy (non-hydrogen) atoms. The maximum absolute atomic E-state index is 14.6. The number of hydrogen-bond acceptors (Lipinski definition) is 8. The Morgan fingerprint density at radius 3 is 2.40 bits per heavy atom. The number of alkyl halides is 2. The number of carbonyl (C=O) groups excluding carboxylic acids is 5. The highest BCUT2D eigenvalue weighted by atomic mass is 32.1. The summed E-state index contributed by atoms with van der Waals surface area (Å²) in [4.78, 5) is 77.0. The van der Waals surface area contributed by atoms with Crippen molar-refractivity contribution in [2.75, 3.05) is 32.7 Å². The van der Waals surface area contributed by atoms with Crippen LogP contribution in [0.5, 0.6) is 5.75 Å². The number of aromatic nitrogens is 1. The predicted molar refractivity (Wildman–Crippen MR) is 178 cm³/mol. The molecule has 0 unspecified atom stereocenters. The molecule has 5 amide bonds. The van der Waals surface area contributed by atoms with E-state index in [0.29, 0.717) is 67.8 Å². The lowest BCUT2D eigenvalue weighted by Crippen LogP contribution is -2.51. The minimum absolute atomic E-state index is 0.117. The smallest absolute Gasteiger partial charge is 0.265 e. The summed E-state index contributed by atoms with van der Waals surface area (Å²) in [6.45, 7) is 0.192. The van der Waals surface area contributed by atoms with Crippen molar-refractivity contribution in [3.05, 3.63) is 81.3 Å². The molecule has 4 aliphatic rings. The highest BCUT2D eigenvalue weighted by Gasteiger charge is 2.45. The number of likely N-dealkylation sites (tertiary alicyclic amines) is 1. The number of thiazole rings is 1. The van der Waals surface area contributed by atoms with Crippen molar-refractivity contribution in [3.63, 3.8) is 0 Å². The molecule has 1 saturated heterocycles. The first-order valence-electron chi connectivity index (χ1n) is 17.0. The molecule has 1 aliphatic carbocycles. The Balaban J connectivity index is 1.20. The van der Waals surface area contributed by atoms with Gasteiger partial charge in [-0.25, -0.2) is 8.78 Å². The number of hydrogen-bond donors (Lipinski definition) is 1. The van der Waals surface area contributed by atoms with Crippen LogP contribution in [0.4, 0.5) is 8.78 Å². The van der Waals surface area contributed by atoms with Gasteiger partial charge < -0.3 is 19.9 Å². The van der Waals surface area contributed by atoms with Crippen LogP contribution in [0.3, 0.4) is 0 Å². The molecule has 4 heterocycles. The number of carbonyl (C=O) groups is 5. The van der Waals surface area contributed by atoms with Crippen LogP contribution in [0.2, 0.25) is 0 Å². The van der Waals surface area contributed by atoms with E-state index in [-0.39, 0.29) is 42.1 Å². The molecule has 1 aromatic heterocycles. The van der Waals surface area contributed by atoms with Crippen LogP contribution in [0.1, 0.15) is 79.7 Å². The van der Waals surface area contributed by atoms with Crippen molar-refractivity contribution < 1.29 is 37.5 Å². The first-order chi connectivity index (χ1) is 24.2. The second kappa shape index (κ2) is 14.3. The van der Waals surface area contributed by atoms with Crippen LogP contribution < -0.4 is 10.1 Å². The van der Waals surface area contributed by atoms with E-state index in [1.165, 1.54) is 16.2 Å². The zero-order valence-corrected chi connectivity index (χ0v) is 28.1. The molecule has 1 saturated carbocycles. The van der Waals surface area contributed by atoms with Gasteiger partial charge in [-0.3, -0.25) is 33.9 Å². The number of imide groups is 1. The Labute approximate surface area is 291 Å². The molecule has 11 nitrogen and oxygen atoms in total. The van der Waals surface area contributed by atoms with Gasteiger partial charge in [0.1, 0.15) is 16.7 Å². The number of benzene rings is 2. The molecule has 2 fully saturated rings. The van der Waals surface area contributed by atoms with Crippen LogP contribution in [-0.4, -0.2) is 94.5 Å². The van der Waals surface area contributed by atoms with Gasteiger partial charge >= 0.3 is 0 Å². The molecule has 2 aromatic carbocycles. The highest BCUT2D eigenvalue weighted by Crippen LogP contribution is 2.42. The van der Waals surface area contributed by atoms with E-state index in [1.54, 1.807) is 51.8 Å². The van der Waals surface area contributed by atoms with Gasteiger partial charge in [-0.15, -0.1) is 11.3 Å². The largest absolute Gasteiger partial charge is 0.488 e. The average molecular weight is 706 g/mol. The highest BCUT2D eigenvalue weighted by molar-refractivity contribution is 7.11. The van der Waals surface area contributed by atoms with Gasteiger partial charge in [0.15, 0.2) is 0 Å². The van der Waals surface area contributed by atoms with Crippen molar-refractivity contribution in [1.29, 1.82) is 0 Å². The minimum Gasteiger partial charge on any atom is -0.488 e. The number of ether oxygens (including phenoxy) is 1. The monoisotopic (exact) mass is 705 g/mol. The lowest BCUT2D eigenvalue weighted by molar-refractivity contribution is -0.146. The second-order valence-corrected chi connectivity index (χ2v) is 14.1. The van der Waals surface area contributed by atoms with E-state index in [4.69, 9.17) is 4.74 Å². The number of fused-ring (bicyclic) bond motifs is 2. The van der Waals surface area contributed by atoms with E-state index < -0.39 is 48.6 Å². The van der Waals surface area contributed by atoms with E-state index >= 15 is 0 Å². The van der Waals surface area contributed by atoms with Crippen molar-refractivity contribution in [2.45, 2.75) is 57.1 Å². The third-order valence-corrected chi connectivity index (χ3v) is 11.0. The van der Waals surface area contributed by atoms with Crippen LogP contribution >= 0.6 is 11.3 Å². The lowest BCUT2D eigenvalue weighted by Gasteiger charge is -2.43. The molecular formula is C36H37F2N5O6S. The molecule has 1 N–H and O–H groups in total. The quantitative estimate of drug-likeness (QED) is 0.328. The summed E-state index contributed by atoms with van der Waals surface area (Å²) in [6, 6.07) is 11.4. The number of rotatable bonds is 9. The minimum atomic E-state index is -2.71. The fourth-order valence-electron chi connectivity index (χ4n) is 7.80.